The van der Waals surface area contributed by atoms with E-state index in [2.05, 4.69) is 12.2 Å². The van der Waals surface area contributed by atoms with Gasteiger partial charge in [0.15, 0.2) is 0 Å². The van der Waals surface area contributed by atoms with E-state index in [-0.39, 0.29) is 5.91 Å². The molecule has 4 heteroatoms. The van der Waals surface area contributed by atoms with Gasteiger partial charge in [-0.05, 0) is 19.8 Å². The Morgan fingerprint density at radius 3 is 2.77 bits per heavy atom. The molecule has 0 bridgehead atoms. The van der Waals surface area contributed by atoms with Gasteiger partial charge in [0.1, 0.15) is 0 Å². The molecule has 0 fully saturated rings. The highest BCUT2D eigenvalue weighted by molar-refractivity contribution is 5.80. The predicted octanol–water partition coefficient (Wildman–Crippen LogP) is 0.267. The quantitative estimate of drug-likeness (QED) is 0.563. The molecule has 0 aromatic carbocycles. The van der Waals surface area contributed by atoms with Crippen LogP contribution in [0.2, 0.25) is 0 Å². The van der Waals surface area contributed by atoms with Gasteiger partial charge in [0, 0.05) is 19.8 Å². The maximum Gasteiger partial charge on any atom is 0.236 e. The second-order valence-corrected chi connectivity index (χ2v) is 3.05. The van der Waals surface area contributed by atoms with E-state index in [4.69, 9.17) is 10.5 Å². The monoisotopic (exact) mass is 188 g/mol. The normalized spacial score (nSPS) is 12.5. The zero-order valence-electron chi connectivity index (χ0n) is 8.51. The summed E-state index contributed by atoms with van der Waals surface area (Å²) in [7, 11) is 0. The molecule has 4 nitrogen and oxygen atoms in total. The third-order valence-corrected chi connectivity index (χ3v) is 1.53. The maximum atomic E-state index is 11.0. The lowest BCUT2D eigenvalue weighted by Gasteiger charge is -2.07. The Bertz CT molecular complexity index is 138. The van der Waals surface area contributed by atoms with E-state index in [0.717, 1.165) is 19.4 Å². The highest BCUT2D eigenvalue weighted by atomic mass is 16.5. The number of carbonyl (C=O) groups is 1. The first kappa shape index (κ1) is 12.4. The molecule has 0 aliphatic carbocycles. The summed E-state index contributed by atoms with van der Waals surface area (Å²) in [5.41, 5.74) is 5.36. The average Bonchev–Trinajstić information content (AvgIpc) is 2.10. The molecule has 1 amide bonds. The number of nitrogens with two attached hydrogens (primary N) is 1. The third kappa shape index (κ3) is 7.74. The van der Waals surface area contributed by atoms with E-state index in [1.165, 1.54) is 0 Å². The molecule has 0 unspecified atom stereocenters. The van der Waals surface area contributed by atoms with Crippen LogP contribution in [-0.2, 0) is 9.53 Å². The molecule has 0 aliphatic heterocycles. The molecular formula is C9H20N2O2. The predicted molar refractivity (Wildman–Crippen MR) is 52.4 cm³/mol. The van der Waals surface area contributed by atoms with Crippen molar-refractivity contribution >= 4 is 5.91 Å². The highest BCUT2D eigenvalue weighted by Crippen LogP contribution is 1.84. The summed E-state index contributed by atoms with van der Waals surface area (Å²) in [6.45, 7) is 5.87. The molecule has 0 aromatic rings. The molecule has 3 N–H and O–H groups in total. The average molecular weight is 188 g/mol. The number of nitrogens with one attached hydrogen (secondary N) is 1. The van der Waals surface area contributed by atoms with Gasteiger partial charge in [-0.1, -0.05) is 6.92 Å². The molecule has 1 atom stereocenters. The van der Waals surface area contributed by atoms with E-state index < -0.39 is 6.04 Å². The summed E-state index contributed by atoms with van der Waals surface area (Å²) in [5, 5.41) is 2.72. The first-order valence-electron chi connectivity index (χ1n) is 4.79. The summed E-state index contributed by atoms with van der Waals surface area (Å²) < 4.78 is 5.24. The lowest BCUT2D eigenvalue weighted by molar-refractivity contribution is -0.122. The summed E-state index contributed by atoms with van der Waals surface area (Å²) in [6, 6.07) is -0.420. The van der Waals surface area contributed by atoms with Crippen molar-refractivity contribution in [2.24, 2.45) is 5.73 Å². The van der Waals surface area contributed by atoms with E-state index >= 15 is 0 Å². The minimum absolute atomic E-state index is 0.101. The van der Waals surface area contributed by atoms with Crippen molar-refractivity contribution in [2.45, 2.75) is 32.7 Å². The van der Waals surface area contributed by atoms with Crippen LogP contribution in [0.15, 0.2) is 0 Å². The van der Waals surface area contributed by atoms with Crippen molar-refractivity contribution < 1.29 is 9.53 Å². The summed E-state index contributed by atoms with van der Waals surface area (Å²) in [4.78, 5) is 11.0. The third-order valence-electron chi connectivity index (χ3n) is 1.53. The van der Waals surface area contributed by atoms with Crippen LogP contribution >= 0.6 is 0 Å². The number of hydrogen-bond donors (Lipinski definition) is 2. The number of hydrogen-bond acceptors (Lipinski definition) is 3. The lowest BCUT2D eigenvalue weighted by atomic mass is 10.3. The molecule has 0 heterocycles. The number of carbonyl (C=O) groups excluding carboxylic acids is 1. The Kier molecular flexibility index (Phi) is 7.63. The van der Waals surface area contributed by atoms with Crippen molar-refractivity contribution in [2.75, 3.05) is 19.8 Å². The van der Waals surface area contributed by atoms with Crippen LogP contribution in [0, 0.1) is 0 Å². The van der Waals surface area contributed by atoms with Crippen molar-refractivity contribution in [1.82, 2.24) is 5.32 Å². The zero-order chi connectivity index (χ0) is 10.1. The van der Waals surface area contributed by atoms with Crippen LogP contribution in [0.5, 0.6) is 0 Å². The van der Waals surface area contributed by atoms with Crippen LogP contribution in [-0.4, -0.2) is 31.7 Å². The molecule has 0 rings (SSSR count). The molecular weight excluding hydrogens is 168 g/mol. The van der Waals surface area contributed by atoms with Crippen molar-refractivity contribution in [3.05, 3.63) is 0 Å². The Labute approximate surface area is 79.8 Å². The van der Waals surface area contributed by atoms with Gasteiger partial charge in [-0.3, -0.25) is 4.79 Å². The molecule has 78 valence electrons. The van der Waals surface area contributed by atoms with Gasteiger partial charge >= 0.3 is 0 Å². The van der Waals surface area contributed by atoms with Crippen LogP contribution in [0.1, 0.15) is 26.7 Å². The number of amides is 1. The number of rotatable bonds is 7. The Morgan fingerprint density at radius 1 is 1.54 bits per heavy atom. The van der Waals surface area contributed by atoms with E-state index in [9.17, 15) is 4.79 Å². The smallest absolute Gasteiger partial charge is 0.236 e. The van der Waals surface area contributed by atoms with Gasteiger partial charge in [0.2, 0.25) is 5.91 Å². The van der Waals surface area contributed by atoms with Crippen LogP contribution < -0.4 is 11.1 Å². The molecule has 0 aliphatic rings. The number of ether oxygens (including phenoxy) is 1. The van der Waals surface area contributed by atoms with E-state index in [0.29, 0.717) is 13.2 Å². The minimum Gasteiger partial charge on any atom is -0.381 e. The SMILES string of the molecule is CCCOCCCNC(=O)[C@H](C)N. The van der Waals surface area contributed by atoms with Gasteiger partial charge in [0.25, 0.3) is 0 Å². The van der Waals surface area contributed by atoms with Gasteiger partial charge in [-0.2, -0.15) is 0 Å². The molecule has 0 radical (unpaired) electrons. The first-order valence-corrected chi connectivity index (χ1v) is 4.79. The van der Waals surface area contributed by atoms with Crippen molar-refractivity contribution in [3.8, 4) is 0 Å². The first-order chi connectivity index (χ1) is 6.18. The van der Waals surface area contributed by atoms with Crippen LogP contribution in [0.25, 0.3) is 0 Å². The van der Waals surface area contributed by atoms with Crippen LogP contribution in [0.4, 0.5) is 0 Å². The Balaban J connectivity index is 3.12. The van der Waals surface area contributed by atoms with E-state index in [1.807, 2.05) is 0 Å². The fraction of sp³-hybridized carbons (Fsp3) is 0.889. The van der Waals surface area contributed by atoms with E-state index in [1.54, 1.807) is 6.92 Å². The van der Waals surface area contributed by atoms with Gasteiger partial charge in [-0.25, -0.2) is 0 Å². The largest absolute Gasteiger partial charge is 0.381 e. The second kappa shape index (κ2) is 8.01. The fourth-order valence-electron chi connectivity index (χ4n) is 0.793. The van der Waals surface area contributed by atoms with Gasteiger partial charge in [0.05, 0.1) is 6.04 Å². The second-order valence-electron chi connectivity index (χ2n) is 3.05. The Hall–Kier alpha value is -0.610. The Morgan fingerprint density at radius 2 is 2.23 bits per heavy atom. The summed E-state index contributed by atoms with van der Waals surface area (Å²) in [5.74, 6) is -0.101. The fourth-order valence-corrected chi connectivity index (χ4v) is 0.793. The molecule has 13 heavy (non-hydrogen) atoms. The highest BCUT2D eigenvalue weighted by Gasteiger charge is 2.04. The topological polar surface area (TPSA) is 64.3 Å². The summed E-state index contributed by atoms with van der Waals surface area (Å²) >= 11 is 0. The van der Waals surface area contributed by atoms with Gasteiger partial charge < -0.3 is 15.8 Å². The van der Waals surface area contributed by atoms with Gasteiger partial charge in [-0.15, -0.1) is 0 Å². The molecule has 0 spiro atoms. The summed E-state index contributed by atoms with van der Waals surface area (Å²) in [6.07, 6.45) is 1.88. The minimum atomic E-state index is -0.420. The lowest BCUT2D eigenvalue weighted by Crippen LogP contribution is -2.38. The molecule has 0 aromatic heterocycles. The van der Waals surface area contributed by atoms with Crippen molar-refractivity contribution in [1.29, 1.82) is 0 Å². The molecule has 0 saturated carbocycles. The van der Waals surface area contributed by atoms with Crippen molar-refractivity contribution in [3.63, 3.8) is 0 Å². The maximum absolute atomic E-state index is 11.0. The molecule has 0 saturated heterocycles. The zero-order valence-corrected chi connectivity index (χ0v) is 8.51. The standard InChI is InChI=1S/C9H20N2O2/c1-3-6-13-7-4-5-11-9(12)8(2)10/h8H,3-7,10H2,1-2H3,(H,11,12)/t8-/m0/s1. The van der Waals surface area contributed by atoms with Crippen LogP contribution in [0.3, 0.4) is 0 Å².